The van der Waals surface area contributed by atoms with E-state index < -0.39 is 0 Å². The molecule has 0 aliphatic heterocycles. The van der Waals surface area contributed by atoms with E-state index in [9.17, 15) is 0 Å². The summed E-state index contributed by atoms with van der Waals surface area (Å²) in [6.07, 6.45) is 3.79. The van der Waals surface area contributed by atoms with Crippen molar-refractivity contribution < 1.29 is 4.74 Å². The van der Waals surface area contributed by atoms with E-state index in [-0.39, 0.29) is 11.6 Å². The van der Waals surface area contributed by atoms with Crippen LogP contribution in [0.2, 0.25) is 0 Å². The quantitative estimate of drug-likeness (QED) is 0.705. The van der Waals surface area contributed by atoms with Gasteiger partial charge in [-0.3, -0.25) is 0 Å². The van der Waals surface area contributed by atoms with Crippen LogP contribution in [-0.4, -0.2) is 18.7 Å². The van der Waals surface area contributed by atoms with Gasteiger partial charge < -0.3 is 10.1 Å². The van der Waals surface area contributed by atoms with Crippen LogP contribution in [0.15, 0.2) is 30.3 Å². The van der Waals surface area contributed by atoms with Crippen LogP contribution in [0.25, 0.3) is 0 Å². The van der Waals surface area contributed by atoms with Gasteiger partial charge in [-0.25, -0.2) is 0 Å². The van der Waals surface area contributed by atoms with Crippen LogP contribution in [0.1, 0.15) is 58.6 Å². The molecule has 0 aliphatic rings. The van der Waals surface area contributed by atoms with Gasteiger partial charge >= 0.3 is 0 Å². The highest BCUT2D eigenvalue weighted by atomic mass is 16.5. The second-order valence-corrected chi connectivity index (χ2v) is 6.16. The summed E-state index contributed by atoms with van der Waals surface area (Å²) in [6, 6.07) is 10.4. The third kappa shape index (κ3) is 8.02. The molecule has 0 radical (unpaired) electrons. The summed E-state index contributed by atoms with van der Waals surface area (Å²) >= 11 is 0. The van der Waals surface area contributed by atoms with Gasteiger partial charge in [0.25, 0.3) is 0 Å². The molecule has 1 rings (SSSR count). The molecule has 108 valence electrons. The Balaban J connectivity index is 2.02. The van der Waals surface area contributed by atoms with Crippen LogP contribution < -0.4 is 5.32 Å². The van der Waals surface area contributed by atoms with E-state index in [2.05, 4.69) is 57.3 Å². The number of ether oxygens (including phenoxy) is 1. The maximum absolute atomic E-state index is 5.86. The lowest BCUT2D eigenvalue weighted by Crippen LogP contribution is -2.36. The zero-order valence-electron chi connectivity index (χ0n) is 12.9. The summed E-state index contributed by atoms with van der Waals surface area (Å²) in [5, 5.41) is 3.51. The Hall–Kier alpha value is -0.860. The Morgan fingerprint density at radius 1 is 1.05 bits per heavy atom. The molecule has 0 saturated heterocycles. The molecular formula is C17H29NO. The van der Waals surface area contributed by atoms with Gasteiger partial charge in [0.2, 0.25) is 0 Å². The summed E-state index contributed by atoms with van der Waals surface area (Å²) in [4.78, 5) is 0. The van der Waals surface area contributed by atoms with Crippen LogP contribution >= 0.6 is 0 Å². The highest BCUT2D eigenvalue weighted by Gasteiger charge is 2.07. The number of benzene rings is 1. The van der Waals surface area contributed by atoms with Crippen molar-refractivity contribution in [2.24, 2.45) is 0 Å². The molecule has 1 aromatic carbocycles. The van der Waals surface area contributed by atoms with Crippen LogP contribution in [0, 0.1) is 0 Å². The Morgan fingerprint density at radius 2 is 1.74 bits per heavy atom. The molecule has 2 nitrogen and oxygen atoms in total. The lowest BCUT2D eigenvalue weighted by Gasteiger charge is -2.20. The summed E-state index contributed by atoms with van der Waals surface area (Å²) < 4.78 is 5.86. The van der Waals surface area contributed by atoms with Crippen molar-refractivity contribution in [1.29, 1.82) is 0 Å². The lowest BCUT2D eigenvalue weighted by molar-refractivity contribution is 0.0628. The van der Waals surface area contributed by atoms with Gasteiger partial charge in [0.05, 0.1) is 6.10 Å². The minimum absolute atomic E-state index is 0.203. The van der Waals surface area contributed by atoms with Crippen molar-refractivity contribution in [3.8, 4) is 0 Å². The number of nitrogens with one attached hydrogen (secondary N) is 1. The third-order valence-corrected chi connectivity index (χ3v) is 3.11. The topological polar surface area (TPSA) is 21.3 Å². The molecule has 1 unspecified atom stereocenters. The van der Waals surface area contributed by atoms with Crippen molar-refractivity contribution >= 4 is 0 Å². The number of hydrogen-bond acceptors (Lipinski definition) is 2. The van der Waals surface area contributed by atoms with Gasteiger partial charge in [-0.2, -0.15) is 0 Å². The monoisotopic (exact) mass is 263 g/mol. The molecule has 0 bridgehead atoms. The van der Waals surface area contributed by atoms with E-state index in [1.165, 1.54) is 18.4 Å². The fraction of sp³-hybridized carbons (Fsp3) is 0.647. The minimum atomic E-state index is 0.203. The minimum Gasteiger partial charge on any atom is -0.374 e. The fourth-order valence-corrected chi connectivity index (χ4v) is 1.95. The molecule has 0 saturated carbocycles. The molecule has 0 aliphatic carbocycles. The molecule has 19 heavy (non-hydrogen) atoms. The summed E-state index contributed by atoms with van der Waals surface area (Å²) in [6.45, 7) is 10.7. The van der Waals surface area contributed by atoms with E-state index in [0.717, 1.165) is 19.6 Å². The standard InChI is InChI=1S/C17H29NO/c1-15(16-11-7-5-8-12-16)19-14-10-6-9-13-18-17(2,3)4/h5,7-8,11-12,15,18H,6,9-10,13-14H2,1-4H3. The van der Waals surface area contributed by atoms with Gasteiger partial charge in [-0.05, 0) is 59.1 Å². The molecular weight excluding hydrogens is 234 g/mol. The molecule has 2 heteroatoms. The molecule has 0 heterocycles. The van der Waals surface area contributed by atoms with E-state index in [0.29, 0.717) is 0 Å². The zero-order chi connectivity index (χ0) is 14.1. The van der Waals surface area contributed by atoms with Crippen molar-refractivity contribution in [3.63, 3.8) is 0 Å². The van der Waals surface area contributed by atoms with E-state index in [1.54, 1.807) is 0 Å². The molecule has 0 amide bonds. The van der Waals surface area contributed by atoms with E-state index in [1.807, 2.05) is 6.07 Å². The average molecular weight is 263 g/mol. The fourth-order valence-electron chi connectivity index (χ4n) is 1.95. The van der Waals surface area contributed by atoms with Crippen LogP contribution in [-0.2, 0) is 4.74 Å². The number of rotatable bonds is 8. The summed E-state index contributed by atoms with van der Waals surface area (Å²) in [5.41, 5.74) is 1.50. The molecule has 1 N–H and O–H groups in total. The second kappa shape index (κ2) is 8.34. The van der Waals surface area contributed by atoms with Crippen LogP contribution in [0.3, 0.4) is 0 Å². The molecule has 0 spiro atoms. The van der Waals surface area contributed by atoms with Gasteiger partial charge in [0.15, 0.2) is 0 Å². The maximum atomic E-state index is 5.86. The zero-order valence-corrected chi connectivity index (χ0v) is 12.9. The SMILES string of the molecule is CC(OCCCCCNC(C)(C)C)c1ccccc1. The highest BCUT2D eigenvalue weighted by molar-refractivity contribution is 5.16. The predicted molar refractivity (Wildman–Crippen MR) is 82.4 cm³/mol. The van der Waals surface area contributed by atoms with Gasteiger partial charge in [0, 0.05) is 12.1 Å². The first-order chi connectivity index (χ1) is 8.99. The first-order valence-electron chi connectivity index (χ1n) is 7.40. The average Bonchev–Trinajstić information content (AvgIpc) is 2.37. The van der Waals surface area contributed by atoms with Crippen molar-refractivity contribution in [2.75, 3.05) is 13.2 Å². The van der Waals surface area contributed by atoms with Crippen LogP contribution in [0.4, 0.5) is 0 Å². The van der Waals surface area contributed by atoms with Gasteiger partial charge in [0.1, 0.15) is 0 Å². The third-order valence-electron chi connectivity index (χ3n) is 3.11. The van der Waals surface area contributed by atoms with Crippen molar-refractivity contribution in [1.82, 2.24) is 5.32 Å². The Bertz CT molecular complexity index is 329. The first kappa shape index (κ1) is 16.2. The lowest BCUT2D eigenvalue weighted by atomic mass is 10.1. The first-order valence-corrected chi connectivity index (χ1v) is 7.40. The molecule has 1 aromatic rings. The Kier molecular flexibility index (Phi) is 7.11. The van der Waals surface area contributed by atoms with Gasteiger partial charge in [-0.15, -0.1) is 0 Å². The van der Waals surface area contributed by atoms with Crippen molar-refractivity contribution in [3.05, 3.63) is 35.9 Å². The molecule has 1 atom stereocenters. The predicted octanol–water partition coefficient (Wildman–Crippen LogP) is 4.32. The smallest absolute Gasteiger partial charge is 0.0796 e. The maximum Gasteiger partial charge on any atom is 0.0796 e. The highest BCUT2D eigenvalue weighted by Crippen LogP contribution is 2.16. The van der Waals surface area contributed by atoms with E-state index >= 15 is 0 Å². The summed E-state index contributed by atoms with van der Waals surface area (Å²) in [7, 11) is 0. The Labute approximate surface area is 118 Å². The van der Waals surface area contributed by atoms with Crippen molar-refractivity contribution in [2.45, 2.75) is 58.6 Å². The van der Waals surface area contributed by atoms with Crippen LogP contribution in [0.5, 0.6) is 0 Å². The largest absolute Gasteiger partial charge is 0.374 e. The second-order valence-electron chi connectivity index (χ2n) is 6.16. The summed E-state index contributed by atoms with van der Waals surface area (Å²) in [5.74, 6) is 0. The molecule has 0 fully saturated rings. The van der Waals surface area contributed by atoms with Gasteiger partial charge in [-0.1, -0.05) is 30.3 Å². The van der Waals surface area contributed by atoms with E-state index in [4.69, 9.17) is 4.74 Å². The normalized spacial score (nSPS) is 13.5. The molecule has 0 aromatic heterocycles. The number of hydrogen-bond donors (Lipinski definition) is 1. The Morgan fingerprint density at radius 3 is 2.37 bits per heavy atom. The number of unbranched alkanes of at least 4 members (excludes halogenated alkanes) is 2.